The van der Waals surface area contributed by atoms with Gasteiger partial charge >= 0.3 is 0 Å². The SMILES string of the molecule is CC1(C)CC(=O)Nc2nc(-c3ccccc3)nc(-c3ccccc3)c21. The van der Waals surface area contributed by atoms with Gasteiger partial charge in [-0.3, -0.25) is 4.79 Å². The van der Waals surface area contributed by atoms with Crippen molar-refractivity contribution >= 4 is 11.7 Å². The molecule has 2 heterocycles. The van der Waals surface area contributed by atoms with Crippen molar-refractivity contribution in [2.24, 2.45) is 0 Å². The van der Waals surface area contributed by atoms with Crippen LogP contribution < -0.4 is 5.32 Å². The van der Waals surface area contributed by atoms with Crippen molar-refractivity contribution in [1.82, 2.24) is 9.97 Å². The first-order valence-electron chi connectivity index (χ1n) is 8.38. The predicted octanol–water partition coefficient (Wildman–Crippen LogP) is 4.43. The van der Waals surface area contributed by atoms with Crippen molar-refractivity contribution in [3.05, 3.63) is 66.2 Å². The van der Waals surface area contributed by atoms with Crippen LogP contribution >= 0.6 is 0 Å². The number of amides is 1. The number of hydrogen-bond donors (Lipinski definition) is 1. The van der Waals surface area contributed by atoms with E-state index in [-0.39, 0.29) is 11.3 Å². The van der Waals surface area contributed by atoms with Crippen LogP contribution in [0, 0.1) is 0 Å². The van der Waals surface area contributed by atoms with Crippen LogP contribution in [0.1, 0.15) is 25.8 Å². The van der Waals surface area contributed by atoms with Gasteiger partial charge in [0, 0.05) is 28.5 Å². The number of benzene rings is 2. The monoisotopic (exact) mass is 329 g/mol. The first kappa shape index (κ1) is 15.5. The van der Waals surface area contributed by atoms with Crippen LogP contribution in [0.25, 0.3) is 22.6 Å². The number of anilines is 1. The lowest BCUT2D eigenvalue weighted by atomic mass is 9.77. The molecule has 0 bridgehead atoms. The van der Waals surface area contributed by atoms with Crippen molar-refractivity contribution < 1.29 is 4.79 Å². The van der Waals surface area contributed by atoms with Gasteiger partial charge in [-0.15, -0.1) is 0 Å². The van der Waals surface area contributed by atoms with E-state index in [0.717, 1.165) is 22.4 Å². The fraction of sp³-hybridized carbons (Fsp3) is 0.190. The number of nitrogens with zero attached hydrogens (tertiary/aromatic N) is 2. The minimum absolute atomic E-state index is 0.00535. The van der Waals surface area contributed by atoms with Crippen LogP contribution in [0.3, 0.4) is 0 Å². The van der Waals surface area contributed by atoms with E-state index in [0.29, 0.717) is 18.1 Å². The van der Waals surface area contributed by atoms with Crippen LogP contribution in [0.15, 0.2) is 60.7 Å². The van der Waals surface area contributed by atoms with Gasteiger partial charge < -0.3 is 5.32 Å². The van der Waals surface area contributed by atoms with E-state index in [9.17, 15) is 4.79 Å². The molecule has 124 valence electrons. The summed E-state index contributed by atoms with van der Waals surface area (Å²) in [5.41, 5.74) is 3.52. The summed E-state index contributed by atoms with van der Waals surface area (Å²) in [7, 11) is 0. The molecule has 0 unspecified atom stereocenters. The lowest BCUT2D eigenvalue weighted by Crippen LogP contribution is -2.34. The first-order valence-corrected chi connectivity index (χ1v) is 8.38. The van der Waals surface area contributed by atoms with E-state index in [2.05, 4.69) is 24.1 Å². The molecule has 4 heteroatoms. The molecule has 0 aliphatic carbocycles. The molecule has 0 saturated heterocycles. The van der Waals surface area contributed by atoms with Gasteiger partial charge in [0.2, 0.25) is 5.91 Å². The Labute approximate surface area is 147 Å². The minimum atomic E-state index is -0.321. The third-order valence-corrected chi connectivity index (χ3v) is 4.53. The molecule has 3 aromatic rings. The van der Waals surface area contributed by atoms with Crippen molar-refractivity contribution in [1.29, 1.82) is 0 Å². The third kappa shape index (κ3) is 2.80. The van der Waals surface area contributed by atoms with Crippen molar-refractivity contribution in [2.75, 3.05) is 5.32 Å². The summed E-state index contributed by atoms with van der Waals surface area (Å²) >= 11 is 0. The highest BCUT2D eigenvalue weighted by Gasteiger charge is 2.36. The number of rotatable bonds is 2. The van der Waals surface area contributed by atoms with Gasteiger partial charge in [-0.05, 0) is 0 Å². The second-order valence-electron chi connectivity index (χ2n) is 6.96. The van der Waals surface area contributed by atoms with Gasteiger partial charge in [-0.25, -0.2) is 9.97 Å². The molecule has 0 saturated carbocycles. The van der Waals surface area contributed by atoms with E-state index in [1.54, 1.807) is 0 Å². The minimum Gasteiger partial charge on any atom is -0.310 e. The Morgan fingerprint density at radius 1 is 0.880 bits per heavy atom. The van der Waals surface area contributed by atoms with E-state index in [4.69, 9.17) is 4.98 Å². The maximum atomic E-state index is 12.2. The molecule has 4 nitrogen and oxygen atoms in total. The molecule has 0 fully saturated rings. The zero-order chi connectivity index (χ0) is 17.4. The Bertz CT molecular complexity index is 934. The van der Waals surface area contributed by atoms with Crippen LogP contribution in [0.5, 0.6) is 0 Å². The molecular formula is C21H19N3O. The predicted molar refractivity (Wildman–Crippen MR) is 99.2 cm³/mol. The van der Waals surface area contributed by atoms with Crippen molar-refractivity contribution in [2.45, 2.75) is 25.7 Å². The lowest BCUT2D eigenvalue weighted by molar-refractivity contribution is -0.117. The Morgan fingerprint density at radius 2 is 1.48 bits per heavy atom. The van der Waals surface area contributed by atoms with Gasteiger partial charge in [-0.2, -0.15) is 0 Å². The summed E-state index contributed by atoms with van der Waals surface area (Å²) in [5.74, 6) is 1.24. The van der Waals surface area contributed by atoms with Crippen LogP contribution in [-0.2, 0) is 10.2 Å². The Morgan fingerprint density at radius 3 is 2.12 bits per heavy atom. The van der Waals surface area contributed by atoms with E-state index in [1.165, 1.54) is 0 Å². The number of aromatic nitrogens is 2. The number of carbonyl (C=O) groups excluding carboxylic acids is 1. The summed E-state index contributed by atoms with van der Waals surface area (Å²) in [6.45, 7) is 4.14. The summed E-state index contributed by atoms with van der Waals surface area (Å²) < 4.78 is 0. The molecule has 1 aliphatic heterocycles. The zero-order valence-corrected chi connectivity index (χ0v) is 14.3. The molecule has 4 rings (SSSR count). The molecule has 2 aromatic carbocycles. The van der Waals surface area contributed by atoms with Gasteiger partial charge in [0.15, 0.2) is 5.82 Å². The average Bonchev–Trinajstić information content (AvgIpc) is 2.61. The van der Waals surface area contributed by atoms with Crippen LogP contribution in [0.4, 0.5) is 5.82 Å². The highest BCUT2D eigenvalue weighted by molar-refractivity contribution is 5.96. The molecular weight excluding hydrogens is 310 g/mol. The van der Waals surface area contributed by atoms with E-state index in [1.807, 2.05) is 60.7 Å². The fourth-order valence-electron chi connectivity index (χ4n) is 3.38. The number of carbonyl (C=O) groups is 1. The molecule has 1 N–H and O–H groups in total. The topological polar surface area (TPSA) is 54.9 Å². The quantitative estimate of drug-likeness (QED) is 0.756. The Kier molecular flexibility index (Phi) is 3.61. The maximum Gasteiger partial charge on any atom is 0.226 e. The third-order valence-electron chi connectivity index (χ3n) is 4.53. The van der Waals surface area contributed by atoms with E-state index >= 15 is 0 Å². The smallest absolute Gasteiger partial charge is 0.226 e. The Hall–Kier alpha value is -3.01. The van der Waals surface area contributed by atoms with E-state index < -0.39 is 0 Å². The average molecular weight is 329 g/mol. The normalized spacial score (nSPS) is 15.4. The standard InChI is InChI=1S/C21H19N3O/c1-21(2)13-16(25)22-20-17(21)18(14-9-5-3-6-10-14)23-19(24-20)15-11-7-4-8-12-15/h3-12H,13H2,1-2H3,(H,22,23,24,25). The Balaban J connectivity index is 2.01. The number of hydrogen-bond acceptors (Lipinski definition) is 3. The molecule has 25 heavy (non-hydrogen) atoms. The second-order valence-corrected chi connectivity index (χ2v) is 6.96. The van der Waals surface area contributed by atoms with Crippen LogP contribution in [0.2, 0.25) is 0 Å². The first-order chi connectivity index (χ1) is 12.0. The molecule has 0 radical (unpaired) electrons. The molecule has 1 amide bonds. The number of nitrogens with one attached hydrogen (secondary N) is 1. The van der Waals surface area contributed by atoms with Gasteiger partial charge in [0.1, 0.15) is 5.82 Å². The summed E-state index contributed by atoms with van der Waals surface area (Å²) in [6.07, 6.45) is 0.424. The molecule has 0 atom stereocenters. The molecule has 0 spiro atoms. The highest BCUT2D eigenvalue weighted by Crippen LogP contribution is 2.42. The summed E-state index contributed by atoms with van der Waals surface area (Å²) in [6, 6.07) is 19.9. The van der Waals surface area contributed by atoms with Gasteiger partial charge in [0.25, 0.3) is 0 Å². The maximum absolute atomic E-state index is 12.2. The zero-order valence-electron chi connectivity index (χ0n) is 14.3. The number of fused-ring (bicyclic) bond motifs is 1. The van der Waals surface area contributed by atoms with Crippen LogP contribution in [-0.4, -0.2) is 15.9 Å². The largest absolute Gasteiger partial charge is 0.310 e. The lowest BCUT2D eigenvalue weighted by Gasteiger charge is -2.33. The molecule has 1 aromatic heterocycles. The van der Waals surface area contributed by atoms with Gasteiger partial charge in [0.05, 0.1) is 5.69 Å². The summed E-state index contributed by atoms with van der Waals surface area (Å²) in [5, 5.41) is 2.95. The molecule has 1 aliphatic rings. The van der Waals surface area contributed by atoms with Crippen molar-refractivity contribution in [3.63, 3.8) is 0 Å². The second kappa shape index (κ2) is 5.81. The highest BCUT2D eigenvalue weighted by atomic mass is 16.1. The fourth-order valence-corrected chi connectivity index (χ4v) is 3.38. The van der Waals surface area contributed by atoms with Crippen molar-refractivity contribution in [3.8, 4) is 22.6 Å². The summed E-state index contributed by atoms with van der Waals surface area (Å²) in [4.78, 5) is 21.7. The van der Waals surface area contributed by atoms with Gasteiger partial charge in [-0.1, -0.05) is 74.5 Å².